The summed E-state index contributed by atoms with van der Waals surface area (Å²) in [7, 11) is 0. The molecule has 0 bridgehead atoms. The molecule has 1 nitrogen and oxygen atoms in total. The first-order chi connectivity index (χ1) is 4.81. The largest absolute Gasteiger partial charge is 0.397 e. The summed E-state index contributed by atoms with van der Waals surface area (Å²) < 4.78 is 0. The van der Waals surface area contributed by atoms with Gasteiger partial charge in [-0.25, -0.2) is 0 Å². The first kappa shape index (κ1) is 9.18. The zero-order valence-electron chi connectivity index (χ0n) is 6.38. The summed E-state index contributed by atoms with van der Waals surface area (Å²) in [5.41, 5.74) is 1.20. The van der Waals surface area contributed by atoms with Crippen molar-refractivity contribution in [2.75, 3.05) is 6.61 Å². The highest BCUT2D eigenvalue weighted by Crippen LogP contribution is 2.05. The summed E-state index contributed by atoms with van der Waals surface area (Å²) in [5.74, 6) is 0. The van der Waals surface area contributed by atoms with Crippen molar-refractivity contribution in [3.8, 4) is 0 Å². The Morgan fingerprint density at radius 1 is 1.60 bits per heavy atom. The fourth-order valence-electron chi connectivity index (χ4n) is 0.558. The molecule has 0 atom stereocenters. The normalized spacial score (nSPS) is 14.4. The standard InChI is InChI=1S/C7H8.C2H6O/c1-7-5-3-2-4-6-7;1-2-3/h2-5H,1,6H2;3H,2H2,1H3. The first-order valence-electron chi connectivity index (χ1n) is 3.43. The Morgan fingerprint density at radius 2 is 2.20 bits per heavy atom. The number of hydrogen-bond acceptors (Lipinski definition) is 1. The fourth-order valence-corrected chi connectivity index (χ4v) is 0.558. The summed E-state index contributed by atoms with van der Waals surface area (Å²) in [6, 6.07) is 0. The molecule has 0 aromatic heterocycles. The lowest BCUT2D eigenvalue weighted by Crippen LogP contribution is -1.74. The van der Waals surface area contributed by atoms with E-state index >= 15 is 0 Å². The molecule has 1 N–H and O–H groups in total. The lowest BCUT2D eigenvalue weighted by Gasteiger charge is -1.94. The summed E-state index contributed by atoms with van der Waals surface area (Å²) in [4.78, 5) is 0. The van der Waals surface area contributed by atoms with Gasteiger partial charge in [0.05, 0.1) is 0 Å². The van der Waals surface area contributed by atoms with Crippen molar-refractivity contribution < 1.29 is 5.11 Å². The minimum absolute atomic E-state index is 0.250. The molecule has 0 saturated heterocycles. The van der Waals surface area contributed by atoms with Gasteiger partial charge in [0, 0.05) is 6.61 Å². The summed E-state index contributed by atoms with van der Waals surface area (Å²) in [5, 5.41) is 7.57. The Kier molecular flexibility index (Phi) is 5.79. The quantitative estimate of drug-likeness (QED) is 0.543. The Bertz CT molecular complexity index is 143. The number of aliphatic hydroxyl groups is 1. The van der Waals surface area contributed by atoms with Crippen molar-refractivity contribution in [2.24, 2.45) is 0 Å². The molecule has 0 aromatic carbocycles. The van der Waals surface area contributed by atoms with Crippen molar-refractivity contribution in [1.82, 2.24) is 0 Å². The number of aliphatic hydroxyl groups excluding tert-OH is 1. The van der Waals surface area contributed by atoms with Gasteiger partial charge in [0.2, 0.25) is 0 Å². The topological polar surface area (TPSA) is 20.2 Å². The third-order valence-corrected chi connectivity index (χ3v) is 0.959. The third kappa shape index (κ3) is 5.32. The molecule has 1 aliphatic rings. The van der Waals surface area contributed by atoms with Gasteiger partial charge >= 0.3 is 0 Å². The highest BCUT2D eigenvalue weighted by Gasteiger charge is 1.84. The number of hydrogen-bond donors (Lipinski definition) is 1. The van der Waals surface area contributed by atoms with Crippen molar-refractivity contribution >= 4 is 0 Å². The van der Waals surface area contributed by atoms with Crippen LogP contribution in [0, 0.1) is 0 Å². The molecule has 56 valence electrons. The van der Waals surface area contributed by atoms with Crippen LogP contribution in [-0.4, -0.2) is 11.7 Å². The molecule has 1 aliphatic carbocycles. The number of rotatable bonds is 0. The highest BCUT2D eigenvalue weighted by molar-refractivity contribution is 5.26. The molecule has 0 spiro atoms. The van der Waals surface area contributed by atoms with E-state index in [1.165, 1.54) is 5.57 Å². The molecule has 0 heterocycles. The van der Waals surface area contributed by atoms with Crippen molar-refractivity contribution in [1.29, 1.82) is 0 Å². The molecule has 0 amide bonds. The van der Waals surface area contributed by atoms with Crippen LogP contribution < -0.4 is 0 Å². The van der Waals surface area contributed by atoms with E-state index in [4.69, 9.17) is 5.11 Å². The second kappa shape index (κ2) is 6.30. The molecular formula is C9H14O. The van der Waals surface area contributed by atoms with Crippen LogP contribution in [0.3, 0.4) is 0 Å². The van der Waals surface area contributed by atoms with E-state index in [9.17, 15) is 0 Å². The van der Waals surface area contributed by atoms with Gasteiger partial charge in [0.1, 0.15) is 0 Å². The van der Waals surface area contributed by atoms with Gasteiger partial charge in [-0.2, -0.15) is 0 Å². The summed E-state index contributed by atoms with van der Waals surface area (Å²) >= 11 is 0. The summed E-state index contributed by atoms with van der Waals surface area (Å²) in [6.45, 7) is 5.71. The maximum Gasteiger partial charge on any atom is 0.0402 e. The lowest BCUT2D eigenvalue weighted by molar-refractivity contribution is 0.318. The lowest BCUT2D eigenvalue weighted by atomic mass is 10.1. The average Bonchev–Trinajstić information content (AvgIpc) is 1.91. The van der Waals surface area contributed by atoms with E-state index in [2.05, 4.69) is 12.7 Å². The Morgan fingerprint density at radius 3 is 2.40 bits per heavy atom. The van der Waals surface area contributed by atoms with Crippen LogP contribution in [0.2, 0.25) is 0 Å². The highest BCUT2D eigenvalue weighted by atomic mass is 16.2. The third-order valence-electron chi connectivity index (χ3n) is 0.959. The summed E-state index contributed by atoms with van der Waals surface area (Å²) in [6.07, 6.45) is 9.19. The molecule has 0 aliphatic heterocycles. The zero-order chi connectivity index (χ0) is 7.82. The predicted octanol–water partition coefficient (Wildman–Crippen LogP) is 2.06. The molecule has 0 unspecified atom stereocenters. The van der Waals surface area contributed by atoms with Crippen LogP contribution in [0.5, 0.6) is 0 Å². The van der Waals surface area contributed by atoms with E-state index < -0.39 is 0 Å². The van der Waals surface area contributed by atoms with Crippen molar-refractivity contribution in [3.63, 3.8) is 0 Å². The van der Waals surface area contributed by atoms with Crippen LogP contribution in [0.15, 0.2) is 36.5 Å². The van der Waals surface area contributed by atoms with E-state index in [0.717, 1.165) is 6.42 Å². The molecule has 1 rings (SSSR count). The van der Waals surface area contributed by atoms with Gasteiger partial charge in [-0.3, -0.25) is 0 Å². The van der Waals surface area contributed by atoms with Gasteiger partial charge in [0.25, 0.3) is 0 Å². The molecule has 0 saturated carbocycles. The van der Waals surface area contributed by atoms with Crippen LogP contribution >= 0.6 is 0 Å². The zero-order valence-corrected chi connectivity index (χ0v) is 6.38. The second-order valence-corrected chi connectivity index (χ2v) is 1.97. The fraction of sp³-hybridized carbons (Fsp3) is 0.333. The molecular weight excluding hydrogens is 124 g/mol. The maximum absolute atomic E-state index is 7.57. The van der Waals surface area contributed by atoms with Crippen LogP contribution in [0.1, 0.15) is 13.3 Å². The predicted molar refractivity (Wildman–Crippen MR) is 44.8 cm³/mol. The minimum Gasteiger partial charge on any atom is -0.397 e. The monoisotopic (exact) mass is 138 g/mol. The van der Waals surface area contributed by atoms with E-state index in [1.54, 1.807) is 6.92 Å². The van der Waals surface area contributed by atoms with E-state index in [-0.39, 0.29) is 6.61 Å². The van der Waals surface area contributed by atoms with Gasteiger partial charge in [0.15, 0.2) is 0 Å². The Labute approximate surface area is 62.4 Å². The van der Waals surface area contributed by atoms with Gasteiger partial charge in [-0.05, 0) is 13.3 Å². The Balaban J connectivity index is 0.000000236. The molecule has 10 heavy (non-hydrogen) atoms. The first-order valence-corrected chi connectivity index (χ1v) is 3.43. The van der Waals surface area contributed by atoms with Crippen LogP contribution in [0.4, 0.5) is 0 Å². The minimum atomic E-state index is 0.250. The molecule has 0 fully saturated rings. The second-order valence-electron chi connectivity index (χ2n) is 1.97. The molecule has 1 heteroatoms. The maximum atomic E-state index is 7.57. The SMILES string of the molecule is C=C1C=CC=CC1.CCO. The van der Waals surface area contributed by atoms with Crippen LogP contribution in [0.25, 0.3) is 0 Å². The number of allylic oxidation sites excluding steroid dienone is 5. The molecule has 0 radical (unpaired) electrons. The van der Waals surface area contributed by atoms with Gasteiger partial charge in [-0.15, -0.1) is 0 Å². The smallest absolute Gasteiger partial charge is 0.0402 e. The van der Waals surface area contributed by atoms with Crippen molar-refractivity contribution in [2.45, 2.75) is 13.3 Å². The molecule has 0 aromatic rings. The van der Waals surface area contributed by atoms with Gasteiger partial charge in [-0.1, -0.05) is 36.5 Å². The average molecular weight is 138 g/mol. The Hall–Kier alpha value is -0.820. The van der Waals surface area contributed by atoms with E-state index in [0.29, 0.717) is 0 Å². The van der Waals surface area contributed by atoms with Crippen molar-refractivity contribution in [3.05, 3.63) is 36.5 Å². The van der Waals surface area contributed by atoms with Crippen LogP contribution in [-0.2, 0) is 0 Å². The van der Waals surface area contributed by atoms with E-state index in [1.807, 2.05) is 18.2 Å². The van der Waals surface area contributed by atoms with Gasteiger partial charge < -0.3 is 5.11 Å².